The Balaban J connectivity index is -0.000000179. The molecule has 0 amide bonds. The van der Waals surface area contributed by atoms with E-state index < -0.39 is 34.4 Å². The van der Waals surface area contributed by atoms with Crippen LogP contribution in [0.25, 0.3) is 0 Å². The Morgan fingerprint density at radius 3 is 1.29 bits per heavy atom. The molecule has 0 aliphatic rings. The first kappa shape index (κ1) is 30.3. The standard InChI is InChI=1S/C6H12N2O4S2.2Na.H2O4S/c7-3(5(9)10)1-13-14-2-4(8)6(11)12;;;1-5(2,3)4/h3-4H,1-2,7-8H2,(H,9,10)(H,11,12);;;(H2,1,2,3,4)/q;2*+1;/p-2/t3-,4?;;;/m0.../s1. The summed E-state index contributed by atoms with van der Waals surface area (Å²) in [6, 6.07) is -1.85. The zero-order chi connectivity index (χ0) is 15.6. The molecule has 10 nitrogen and oxygen atoms in total. The van der Waals surface area contributed by atoms with Gasteiger partial charge in [0.25, 0.3) is 0 Å². The number of carboxylic acid groups (broad SMARTS) is 2. The molecule has 0 aromatic heterocycles. The molecule has 0 aliphatic heterocycles. The molecule has 6 N–H and O–H groups in total. The van der Waals surface area contributed by atoms with Gasteiger partial charge < -0.3 is 30.8 Å². The third kappa shape index (κ3) is 30.0. The molecule has 0 saturated heterocycles. The van der Waals surface area contributed by atoms with Gasteiger partial charge in [-0.2, -0.15) is 0 Å². The molecule has 0 fully saturated rings. The minimum Gasteiger partial charge on any atom is -0.759 e. The van der Waals surface area contributed by atoms with Gasteiger partial charge in [-0.1, -0.05) is 21.6 Å². The van der Waals surface area contributed by atoms with E-state index in [0.29, 0.717) is 0 Å². The Morgan fingerprint density at radius 1 is 0.952 bits per heavy atom. The average Bonchev–Trinajstić information content (AvgIpc) is 2.20. The summed E-state index contributed by atoms with van der Waals surface area (Å²) in [4.78, 5) is 20.5. The Labute approximate surface area is 173 Å². The predicted molar refractivity (Wildman–Crippen MR) is 66.6 cm³/mol. The second-order valence-corrected chi connectivity index (χ2v) is 6.24. The summed E-state index contributed by atoms with van der Waals surface area (Å²) < 4.78 is 34.1. The van der Waals surface area contributed by atoms with E-state index in [4.69, 9.17) is 39.2 Å². The van der Waals surface area contributed by atoms with E-state index in [2.05, 4.69) is 0 Å². The molecule has 0 spiro atoms. The first-order valence-electron chi connectivity index (χ1n) is 4.33. The molecule has 2 atom stereocenters. The summed E-state index contributed by atoms with van der Waals surface area (Å²) in [5.74, 6) is -1.68. The molecule has 15 heteroatoms. The number of carboxylic acids is 2. The van der Waals surface area contributed by atoms with Gasteiger partial charge in [0.05, 0.1) is 0 Å². The van der Waals surface area contributed by atoms with Gasteiger partial charge in [0, 0.05) is 21.9 Å². The molecule has 1 unspecified atom stereocenters. The fourth-order valence-electron chi connectivity index (χ4n) is 0.385. The Kier molecular flexibility index (Phi) is 23.5. The third-order valence-corrected chi connectivity index (χ3v) is 3.69. The molecule has 0 aromatic carbocycles. The Bertz CT molecular complexity index is 365. The quantitative estimate of drug-likeness (QED) is 0.106. The normalized spacial score (nSPS) is 12.6. The van der Waals surface area contributed by atoms with Gasteiger partial charge in [-0.15, -0.1) is 0 Å². The number of nitrogens with two attached hydrogens (primary N) is 2. The molecule has 0 saturated carbocycles. The van der Waals surface area contributed by atoms with Crippen LogP contribution in [0.1, 0.15) is 0 Å². The number of hydrogen-bond donors (Lipinski definition) is 4. The van der Waals surface area contributed by atoms with Gasteiger partial charge in [-0.05, 0) is 0 Å². The van der Waals surface area contributed by atoms with Crippen molar-refractivity contribution in [1.29, 1.82) is 0 Å². The predicted octanol–water partition coefficient (Wildman–Crippen LogP) is -8.14. The maximum absolute atomic E-state index is 10.3. The van der Waals surface area contributed by atoms with Gasteiger partial charge in [0.1, 0.15) is 12.1 Å². The zero-order valence-corrected chi connectivity index (χ0v) is 17.7. The number of carbonyl (C=O) groups is 2. The van der Waals surface area contributed by atoms with E-state index in [0.717, 1.165) is 0 Å². The SMILES string of the molecule is NC(CSSC[C@H](N)C(=O)O)C(=O)O.O=S(=O)([O-])[O-].[Na+].[Na+]. The summed E-state index contributed by atoms with van der Waals surface area (Å²) in [7, 11) is -2.76. The minimum atomic E-state index is -5.17. The van der Waals surface area contributed by atoms with E-state index in [-0.39, 0.29) is 70.6 Å². The molecule has 0 radical (unpaired) electrons. The molecular weight excluding hydrogens is 370 g/mol. The van der Waals surface area contributed by atoms with Crippen LogP contribution in [0.4, 0.5) is 0 Å². The van der Waals surface area contributed by atoms with Crippen LogP contribution in [0.15, 0.2) is 0 Å². The topological polar surface area (TPSA) is 207 Å². The summed E-state index contributed by atoms with van der Waals surface area (Å²) in [6.07, 6.45) is 0. The van der Waals surface area contributed by atoms with Gasteiger partial charge in [0.15, 0.2) is 0 Å². The second kappa shape index (κ2) is 16.3. The van der Waals surface area contributed by atoms with Crippen LogP contribution in [0.3, 0.4) is 0 Å². The van der Waals surface area contributed by atoms with Crippen molar-refractivity contribution < 1.29 is 96.4 Å². The first-order chi connectivity index (χ1) is 8.45. The second-order valence-electron chi connectivity index (χ2n) is 2.87. The van der Waals surface area contributed by atoms with Crippen molar-refractivity contribution in [3.63, 3.8) is 0 Å². The van der Waals surface area contributed by atoms with Crippen LogP contribution >= 0.6 is 21.6 Å². The monoisotopic (exact) mass is 382 g/mol. The number of rotatable bonds is 7. The maximum atomic E-state index is 10.3. The largest absolute Gasteiger partial charge is 1.00 e. The van der Waals surface area contributed by atoms with Crippen molar-refractivity contribution in [2.75, 3.05) is 11.5 Å². The molecule has 0 bridgehead atoms. The van der Waals surface area contributed by atoms with Crippen LogP contribution < -0.4 is 70.6 Å². The van der Waals surface area contributed by atoms with Crippen LogP contribution in [-0.4, -0.2) is 63.3 Å². The van der Waals surface area contributed by atoms with Crippen LogP contribution in [0.2, 0.25) is 0 Å². The van der Waals surface area contributed by atoms with Crippen LogP contribution in [0.5, 0.6) is 0 Å². The summed E-state index contributed by atoms with van der Waals surface area (Å²) in [5, 5.41) is 16.8. The van der Waals surface area contributed by atoms with E-state index in [1.807, 2.05) is 0 Å². The van der Waals surface area contributed by atoms with E-state index in [1.165, 1.54) is 21.6 Å². The molecule has 0 aromatic rings. The zero-order valence-electron chi connectivity index (χ0n) is 11.3. The molecular formula is C6H12N2Na2O8S3. The molecule has 114 valence electrons. The van der Waals surface area contributed by atoms with Crippen LogP contribution in [0, 0.1) is 0 Å². The van der Waals surface area contributed by atoms with Gasteiger partial charge >= 0.3 is 71.1 Å². The smallest absolute Gasteiger partial charge is 0.759 e. The number of hydrogen-bond acceptors (Lipinski definition) is 10. The van der Waals surface area contributed by atoms with Crippen molar-refractivity contribution >= 4 is 43.9 Å². The van der Waals surface area contributed by atoms with Crippen LogP contribution in [-0.2, 0) is 20.0 Å². The Morgan fingerprint density at radius 2 is 1.14 bits per heavy atom. The maximum Gasteiger partial charge on any atom is 1.00 e. The summed E-state index contributed by atoms with van der Waals surface area (Å²) in [6.45, 7) is 0. The molecule has 21 heavy (non-hydrogen) atoms. The van der Waals surface area contributed by atoms with Crippen molar-refractivity contribution in [2.24, 2.45) is 11.5 Å². The molecule has 0 rings (SSSR count). The van der Waals surface area contributed by atoms with Crippen molar-refractivity contribution in [2.45, 2.75) is 12.1 Å². The molecule has 0 aliphatic carbocycles. The molecule has 0 heterocycles. The van der Waals surface area contributed by atoms with Crippen molar-refractivity contribution in [1.82, 2.24) is 0 Å². The van der Waals surface area contributed by atoms with Gasteiger partial charge in [-0.3, -0.25) is 18.0 Å². The van der Waals surface area contributed by atoms with E-state index in [9.17, 15) is 9.59 Å². The fraction of sp³-hybridized carbons (Fsp3) is 0.667. The number of aliphatic carboxylic acids is 2. The van der Waals surface area contributed by atoms with Crippen molar-refractivity contribution in [3.05, 3.63) is 0 Å². The third-order valence-electron chi connectivity index (χ3n) is 1.21. The summed E-state index contributed by atoms with van der Waals surface area (Å²) in [5.41, 5.74) is 10.4. The van der Waals surface area contributed by atoms with Gasteiger partial charge in [0.2, 0.25) is 0 Å². The average molecular weight is 382 g/mol. The van der Waals surface area contributed by atoms with E-state index in [1.54, 1.807) is 0 Å². The fourth-order valence-corrected chi connectivity index (χ4v) is 2.61. The first-order valence-corrected chi connectivity index (χ1v) is 8.15. The minimum absolute atomic E-state index is 0. The van der Waals surface area contributed by atoms with Crippen molar-refractivity contribution in [3.8, 4) is 0 Å². The van der Waals surface area contributed by atoms with E-state index >= 15 is 0 Å². The van der Waals surface area contributed by atoms with Gasteiger partial charge in [-0.25, -0.2) is 0 Å². The summed E-state index contributed by atoms with van der Waals surface area (Å²) >= 11 is 0. The Hall–Kier alpha value is 1.43.